The molecule has 1 aromatic rings. The van der Waals surface area contributed by atoms with Gasteiger partial charge in [0.1, 0.15) is 5.75 Å². The van der Waals surface area contributed by atoms with Crippen LogP contribution in [0.25, 0.3) is 0 Å². The van der Waals surface area contributed by atoms with Crippen LogP contribution >= 0.6 is 0 Å². The van der Waals surface area contributed by atoms with Gasteiger partial charge < -0.3 is 10.1 Å². The van der Waals surface area contributed by atoms with Crippen LogP contribution in [0.5, 0.6) is 5.75 Å². The Kier molecular flexibility index (Phi) is 4.87. The van der Waals surface area contributed by atoms with Gasteiger partial charge in [0.05, 0.1) is 7.11 Å². The number of hydrogen-bond donors (Lipinski definition) is 1. The molecule has 0 amide bonds. The van der Waals surface area contributed by atoms with Gasteiger partial charge in [-0.2, -0.15) is 0 Å². The maximum Gasteiger partial charge on any atom is 0.124 e. The van der Waals surface area contributed by atoms with Crippen molar-refractivity contribution in [2.45, 2.75) is 52.5 Å². The fourth-order valence-electron chi connectivity index (χ4n) is 3.55. The third-order valence-electron chi connectivity index (χ3n) is 4.34. The predicted octanol–water partition coefficient (Wildman–Crippen LogP) is 4.15. The van der Waals surface area contributed by atoms with Gasteiger partial charge in [-0.15, -0.1) is 0 Å². The van der Waals surface area contributed by atoms with Gasteiger partial charge in [-0.05, 0) is 55.8 Å². The number of methoxy groups -OCH3 is 1. The summed E-state index contributed by atoms with van der Waals surface area (Å²) in [5.41, 5.74) is 3.93. The molecule has 0 spiro atoms. The van der Waals surface area contributed by atoms with Gasteiger partial charge in [0.2, 0.25) is 0 Å². The normalized spacial score (nSPS) is 17.7. The zero-order valence-corrected chi connectivity index (χ0v) is 12.8. The average molecular weight is 261 g/mol. The van der Waals surface area contributed by atoms with Crippen molar-refractivity contribution in [3.05, 3.63) is 28.8 Å². The molecule has 1 aliphatic carbocycles. The number of aryl methyl sites for hydroxylation is 2. The largest absolute Gasteiger partial charge is 0.496 e. The molecule has 1 unspecified atom stereocenters. The third-order valence-corrected chi connectivity index (χ3v) is 4.34. The Balaban J connectivity index is 2.30. The monoisotopic (exact) mass is 261 g/mol. The van der Waals surface area contributed by atoms with Crippen molar-refractivity contribution >= 4 is 0 Å². The Labute approximate surface area is 117 Å². The fourth-order valence-corrected chi connectivity index (χ4v) is 3.55. The van der Waals surface area contributed by atoms with E-state index in [9.17, 15) is 0 Å². The van der Waals surface area contributed by atoms with E-state index in [1.165, 1.54) is 42.4 Å². The molecule has 1 aromatic carbocycles. The summed E-state index contributed by atoms with van der Waals surface area (Å²) in [6.45, 7) is 7.52. The van der Waals surface area contributed by atoms with Crippen LogP contribution < -0.4 is 10.1 Å². The second kappa shape index (κ2) is 6.42. The van der Waals surface area contributed by atoms with Crippen molar-refractivity contribution in [2.24, 2.45) is 5.92 Å². The summed E-state index contributed by atoms with van der Waals surface area (Å²) in [7, 11) is 1.76. The number of benzene rings is 1. The lowest BCUT2D eigenvalue weighted by Crippen LogP contribution is -2.27. The van der Waals surface area contributed by atoms with E-state index in [1.807, 2.05) is 0 Å². The maximum absolute atomic E-state index is 5.48. The van der Waals surface area contributed by atoms with E-state index in [4.69, 9.17) is 4.74 Å². The molecule has 2 rings (SSSR count). The lowest BCUT2D eigenvalue weighted by Gasteiger charge is -2.26. The zero-order valence-electron chi connectivity index (χ0n) is 12.8. The Morgan fingerprint density at radius 1 is 1.21 bits per heavy atom. The first-order valence-electron chi connectivity index (χ1n) is 7.55. The van der Waals surface area contributed by atoms with E-state index in [1.54, 1.807) is 7.11 Å². The second-order valence-electron chi connectivity index (χ2n) is 5.77. The van der Waals surface area contributed by atoms with Gasteiger partial charge in [0, 0.05) is 6.04 Å². The molecule has 0 bridgehead atoms. The summed E-state index contributed by atoms with van der Waals surface area (Å²) >= 11 is 0. The zero-order chi connectivity index (χ0) is 13.8. The van der Waals surface area contributed by atoms with Crippen molar-refractivity contribution in [1.29, 1.82) is 0 Å². The molecule has 1 aliphatic rings. The van der Waals surface area contributed by atoms with E-state index in [2.05, 4.69) is 38.2 Å². The van der Waals surface area contributed by atoms with Crippen LogP contribution in [0.15, 0.2) is 12.1 Å². The first-order valence-corrected chi connectivity index (χ1v) is 7.55. The van der Waals surface area contributed by atoms with Gasteiger partial charge in [0.15, 0.2) is 0 Å². The van der Waals surface area contributed by atoms with Gasteiger partial charge in [-0.3, -0.25) is 0 Å². The Bertz CT molecular complexity index is 398. The number of hydrogen-bond acceptors (Lipinski definition) is 2. The van der Waals surface area contributed by atoms with E-state index in [0.29, 0.717) is 6.04 Å². The minimum Gasteiger partial charge on any atom is -0.496 e. The Hall–Kier alpha value is -1.02. The molecule has 1 fully saturated rings. The first kappa shape index (κ1) is 14.4. The van der Waals surface area contributed by atoms with Gasteiger partial charge in [-0.25, -0.2) is 0 Å². The number of rotatable bonds is 5. The molecule has 0 aromatic heterocycles. The standard InChI is InChI=1S/C17H27NO/c1-5-18-16(14-8-6-7-9-14)15-10-12(2)17(19-4)13(3)11-15/h10-11,14,16,18H,5-9H2,1-4H3. The van der Waals surface area contributed by atoms with Crippen molar-refractivity contribution < 1.29 is 4.74 Å². The smallest absolute Gasteiger partial charge is 0.124 e. The Morgan fingerprint density at radius 3 is 2.26 bits per heavy atom. The predicted molar refractivity (Wildman–Crippen MR) is 80.8 cm³/mol. The molecule has 2 heteroatoms. The van der Waals surface area contributed by atoms with E-state index >= 15 is 0 Å². The van der Waals surface area contributed by atoms with E-state index in [0.717, 1.165) is 18.2 Å². The summed E-state index contributed by atoms with van der Waals surface area (Å²) in [6.07, 6.45) is 5.50. The maximum atomic E-state index is 5.48. The molecule has 0 aliphatic heterocycles. The van der Waals surface area contributed by atoms with Gasteiger partial charge >= 0.3 is 0 Å². The molecule has 0 heterocycles. The van der Waals surface area contributed by atoms with Crippen molar-refractivity contribution in [3.8, 4) is 5.75 Å². The number of ether oxygens (including phenoxy) is 1. The lowest BCUT2D eigenvalue weighted by molar-refractivity contribution is 0.372. The molecular formula is C17H27NO. The quantitative estimate of drug-likeness (QED) is 0.859. The van der Waals surface area contributed by atoms with Crippen LogP contribution in [0.4, 0.5) is 0 Å². The summed E-state index contributed by atoms with van der Waals surface area (Å²) in [5.74, 6) is 1.83. The molecule has 2 nitrogen and oxygen atoms in total. The van der Waals surface area contributed by atoms with Crippen molar-refractivity contribution in [2.75, 3.05) is 13.7 Å². The van der Waals surface area contributed by atoms with Crippen LogP contribution in [-0.2, 0) is 0 Å². The van der Waals surface area contributed by atoms with Gasteiger partial charge in [0.25, 0.3) is 0 Å². The highest BCUT2D eigenvalue weighted by Gasteiger charge is 2.26. The fraction of sp³-hybridized carbons (Fsp3) is 0.647. The molecule has 19 heavy (non-hydrogen) atoms. The SMILES string of the molecule is CCNC(c1cc(C)c(OC)c(C)c1)C1CCCC1. The molecular weight excluding hydrogens is 234 g/mol. The van der Waals surface area contributed by atoms with E-state index < -0.39 is 0 Å². The summed E-state index contributed by atoms with van der Waals surface area (Å²) < 4.78 is 5.48. The van der Waals surface area contributed by atoms with Crippen LogP contribution in [0.2, 0.25) is 0 Å². The lowest BCUT2D eigenvalue weighted by atomic mass is 9.89. The van der Waals surface area contributed by atoms with Crippen molar-refractivity contribution in [3.63, 3.8) is 0 Å². The summed E-state index contributed by atoms with van der Waals surface area (Å²) in [6, 6.07) is 5.12. The van der Waals surface area contributed by atoms with Crippen LogP contribution in [0, 0.1) is 19.8 Å². The third kappa shape index (κ3) is 3.11. The first-order chi connectivity index (χ1) is 9.17. The van der Waals surface area contributed by atoms with E-state index in [-0.39, 0.29) is 0 Å². The summed E-state index contributed by atoms with van der Waals surface area (Å²) in [4.78, 5) is 0. The number of nitrogens with one attached hydrogen (secondary N) is 1. The minimum absolute atomic E-state index is 0.510. The van der Waals surface area contributed by atoms with Gasteiger partial charge in [-0.1, -0.05) is 31.9 Å². The molecule has 0 radical (unpaired) electrons. The molecule has 106 valence electrons. The molecule has 1 N–H and O–H groups in total. The highest BCUT2D eigenvalue weighted by molar-refractivity contribution is 5.44. The highest BCUT2D eigenvalue weighted by Crippen LogP contribution is 2.37. The van der Waals surface area contributed by atoms with Crippen LogP contribution in [0.3, 0.4) is 0 Å². The minimum atomic E-state index is 0.510. The molecule has 1 atom stereocenters. The van der Waals surface area contributed by atoms with Crippen molar-refractivity contribution in [1.82, 2.24) is 5.32 Å². The topological polar surface area (TPSA) is 21.3 Å². The average Bonchev–Trinajstić information content (AvgIpc) is 2.89. The second-order valence-corrected chi connectivity index (χ2v) is 5.77. The highest BCUT2D eigenvalue weighted by atomic mass is 16.5. The van der Waals surface area contributed by atoms with Crippen LogP contribution in [0.1, 0.15) is 55.3 Å². The molecule has 0 saturated heterocycles. The Morgan fingerprint density at radius 2 is 1.79 bits per heavy atom. The molecule has 1 saturated carbocycles. The van der Waals surface area contributed by atoms with Crippen LogP contribution in [-0.4, -0.2) is 13.7 Å². The summed E-state index contributed by atoms with van der Waals surface area (Å²) in [5, 5.41) is 3.69.